The molecule has 0 aliphatic rings. The fourth-order valence-corrected chi connectivity index (χ4v) is 2.27. The highest BCUT2D eigenvalue weighted by atomic mass is 79.9. The number of halogens is 2. The number of nitrogens with one attached hydrogen (secondary N) is 1. The number of benzene rings is 2. The molecule has 106 valence electrons. The van der Waals surface area contributed by atoms with E-state index in [0.717, 1.165) is 4.47 Å². The fraction of sp³-hybridized carbons (Fsp3) is 0.0667. The van der Waals surface area contributed by atoms with E-state index in [1.54, 1.807) is 30.3 Å². The number of hydrogen-bond acceptors (Lipinski definition) is 3. The lowest BCUT2D eigenvalue weighted by Crippen LogP contribution is -2.14. The zero-order chi connectivity index (χ0) is 15.4. The van der Waals surface area contributed by atoms with Gasteiger partial charge in [-0.1, -0.05) is 27.5 Å². The average molecular weight is 366 g/mol. The second kappa shape index (κ2) is 6.61. The lowest BCUT2D eigenvalue weighted by Gasteiger charge is -2.11. The molecule has 0 bridgehead atoms. The molecule has 1 N–H and O–H groups in total. The number of rotatable bonds is 3. The Bertz CT molecular complexity index is 741. The van der Waals surface area contributed by atoms with E-state index < -0.39 is 0 Å². The van der Waals surface area contributed by atoms with Crippen LogP contribution in [-0.4, -0.2) is 13.0 Å². The highest BCUT2D eigenvalue weighted by Gasteiger charge is 2.14. The average Bonchev–Trinajstić information content (AvgIpc) is 2.47. The molecule has 0 aliphatic carbocycles. The summed E-state index contributed by atoms with van der Waals surface area (Å²) < 4.78 is 5.99. The van der Waals surface area contributed by atoms with Crippen molar-refractivity contribution in [3.05, 3.63) is 57.0 Å². The smallest absolute Gasteiger partial charge is 0.259 e. The molecule has 0 saturated heterocycles. The maximum Gasteiger partial charge on any atom is 0.259 e. The van der Waals surface area contributed by atoms with Crippen LogP contribution in [0.2, 0.25) is 5.02 Å². The van der Waals surface area contributed by atoms with E-state index in [1.165, 1.54) is 13.2 Å². The quantitative estimate of drug-likeness (QED) is 0.885. The Morgan fingerprint density at radius 3 is 2.76 bits per heavy atom. The molecule has 2 rings (SSSR count). The van der Waals surface area contributed by atoms with Gasteiger partial charge in [0.15, 0.2) is 0 Å². The van der Waals surface area contributed by atoms with Crippen molar-refractivity contribution in [2.45, 2.75) is 0 Å². The van der Waals surface area contributed by atoms with E-state index in [0.29, 0.717) is 27.6 Å². The summed E-state index contributed by atoms with van der Waals surface area (Å²) in [5, 5.41) is 12.2. The summed E-state index contributed by atoms with van der Waals surface area (Å²) in [6.07, 6.45) is 0. The van der Waals surface area contributed by atoms with Gasteiger partial charge in [-0.2, -0.15) is 5.26 Å². The minimum atomic E-state index is -0.377. The first kappa shape index (κ1) is 15.4. The third-order valence-corrected chi connectivity index (χ3v) is 3.49. The summed E-state index contributed by atoms with van der Waals surface area (Å²) >= 11 is 9.20. The minimum absolute atomic E-state index is 0.337. The molecule has 4 nitrogen and oxygen atoms in total. The van der Waals surface area contributed by atoms with Gasteiger partial charge in [0.2, 0.25) is 0 Å². The van der Waals surface area contributed by atoms with Crippen molar-refractivity contribution in [1.82, 2.24) is 0 Å². The maximum atomic E-state index is 12.3. The summed E-state index contributed by atoms with van der Waals surface area (Å²) in [5.41, 5.74) is 1.06. The van der Waals surface area contributed by atoms with Gasteiger partial charge in [0.05, 0.1) is 23.9 Å². The molecule has 6 heteroatoms. The van der Waals surface area contributed by atoms with Gasteiger partial charge >= 0.3 is 0 Å². The van der Waals surface area contributed by atoms with Gasteiger partial charge in [-0.05, 0) is 36.4 Å². The van der Waals surface area contributed by atoms with Crippen molar-refractivity contribution < 1.29 is 9.53 Å². The van der Waals surface area contributed by atoms with Crippen molar-refractivity contribution in [1.29, 1.82) is 5.26 Å². The van der Waals surface area contributed by atoms with Gasteiger partial charge < -0.3 is 10.1 Å². The Balaban J connectivity index is 2.35. The van der Waals surface area contributed by atoms with Crippen LogP contribution in [0.15, 0.2) is 40.9 Å². The molecule has 0 aliphatic heterocycles. The summed E-state index contributed by atoms with van der Waals surface area (Å²) in [6, 6.07) is 11.7. The molecule has 0 heterocycles. The number of nitriles is 1. The number of carbonyl (C=O) groups excluding carboxylic acids is 1. The van der Waals surface area contributed by atoms with E-state index in [2.05, 4.69) is 21.2 Å². The maximum absolute atomic E-state index is 12.3. The molecule has 0 unspecified atom stereocenters. The Labute approximate surface area is 135 Å². The van der Waals surface area contributed by atoms with Crippen LogP contribution < -0.4 is 10.1 Å². The molecule has 0 saturated carbocycles. The van der Waals surface area contributed by atoms with Gasteiger partial charge in [-0.25, -0.2) is 0 Å². The van der Waals surface area contributed by atoms with Crippen LogP contribution in [-0.2, 0) is 0 Å². The Morgan fingerprint density at radius 2 is 2.10 bits per heavy atom. The largest absolute Gasteiger partial charge is 0.496 e. The Hall–Kier alpha value is -2.03. The second-order valence-electron chi connectivity index (χ2n) is 4.10. The second-order valence-corrected chi connectivity index (χ2v) is 5.45. The molecule has 1 amide bonds. The first-order chi connectivity index (χ1) is 10.0. The number of carbonyl (C=O) groups is 1. The zero-order valence-corrected chi connectivity index (χ0v) is 13.3. The molecule has 0 atom stereocenters. The summed E-state index contributed by atoms with van der Waals surface area (Å²) in [5.74, 6) is 0.0560. The highest BCUT2D eigenvalue weighted by molar-refractivity contribution is 9.10. The third kappa shape index (κ3) is 3.54. The molecule has 2 aromatic rings. The summed E-state index contributed by atoms with van der Waals surface area (Å²) in [4.78, 5) is 12.3. The predicted molar refractivity (Wildman–Crippen MR) is 84.8 cm³/mol. The lowest BCUT2D eigenvalue weighted by atomic mass is 10.1. The van der Waals surface area contributed by atoms with Gasteiger partial charge in [-0.3, -0.25) is 4.79 Å². The highest BCUT2D eigenvalue weighted by Crippen LogP contribution is 2.26. The number of amides is 1. The van der Waals surface area contributed by atoms with Crippen molar-refractivity contribution in [3.63, 3.8) is 0 Å². The normalized spacial score (nSPS) is 9.81. The Morgan fingerprint density at radius 1 is 1.33 bits per heavy atom. The molecule has 2 aromatic carbocycles. The fourth-order valence-electron chi connectivity index (χ4n) is 1.76. The molecular weight excluding hydrogens is 356 g/mol. The molecule has 0 spiro atoms. The van der Waals surface area contributed by atoms with Crippen molar-refractivity contribution in [2.24, 2.45) is 0 Å². The van der Waals surface area contributed by atoms with Crippen LogP contribution in [0.1, 0.15) is 15.9 Å². The van der Waals surface area contributed by atoms with Gasteiger partial charge in [0.25, 0.3) is 5.91 Å². The molecule has 0 aromatic heterocycles. The molecule has 0 fully saturated rings. The summed E-state index contributed by atoms with van der Waals surface area (Å²) in [7, 11) is 1.48. The first-order valence-corrected chi connectivity index (χ1v) is 7.07. The van der Waals surface area contributed by atoms with E-state index in [-0.39, 0.29) is 5.91 Å². The van der Waals surface area contributed by atoms with Gasteiger partial charge in [0, 0.05) is 9.50 Å². The van der Waals surface area contributed by atoms with E-state index in [4.69, 9.17) is 21.6 Å². The monoisotopic (exact) mass is 364 g/mol. The van der Waals surface area contributed by atoms with Crippen molar-refractivity contribution in [2.75, 3.05) is 12.4 Å². The summed E-state index contributed by atoms with van der Waals surface area (Å²) in [6.45, 7) is 0. The van der Waals surface area contributed by atoms with Crippen LogP contribution in [0, 0.1) is 11.3 Å². The van der Waals surface area contributed by atoms with Crippen LogP contribution in [0.25, 0.3) is 0 Å². The minimum Gasteiger partial charge on any atom is -0.496 e. The number of nitrogens with zero attached hydrogens (tertiary/aromatic N) is 1. The third-order valence-electron chi connectivity index (χ3n) is 2.76. The predicted octanol–water partition coefficient (Wildman–Crippen LogP) is 4.24. The van der Waals surface area contributed by atoms with E-state index in [9.17, 15) is 4.79 Å². The first-order valence-electron chi connectivity index (χ1n) is 5.89. The number of methoxy groups -OCH3 is 1. The van der Waals surface area contributed by atoms with Crippen LogP contribution >= 0.6 is 27.5 Å². The van der Waals surface area contributed by atoms with Gasteiger partial charge in [-0.15, -0.1) is 0 Å². The topological polar surface area (TPSA) is 62.1 Å². The standard InChI is InChI=1S/C15H10BrClN2O2/c1-21-14-6-10(16)3-5-12(14)15(20)19-13-7-11(17)4-2-9(13)8-18/h2-7H,1H3,(H,19,20). The van der Waals surface area contributed by atoms with Crippen LogP contribution in [0.4, 0.5) is 5.69 Å². The lowest BCUT2D eigenvalue weighted by molar-refractivity contribution is 0.102. The number of ether oxygens (including phenoxy) is 1. The Kier molecular flexibility index (Phi) is 4.84. The van der Waals surface area contributed by atoms with Gasteiger partial charge in [0.1, 0.15) is 11.8 Å². The van der Waals surface area contributed by atoms with E-state index >= 15 is 0 Å². The van der Waals surface area contributed by atoms with E-state index in [1.807, 2.05) is 6.07 Å². The van der Waals surface area contributed by atoms with Crippen molar-refractivity contribution in [3.8, 4) is 11.8 Å². The number of hydrogen-bond donors (Lipinski definition) is 1. The van der Waals surface area contributed by atoms with Crippen molar-refractivity contribution >= 4 is 39.1 Å². The molecule has 0 radical (unpaired) electrons. The molecule has 21 heavy (non-hydrogen) atoms. The number of anilines is 1. The molecular formula is C15H10BrClN2O2. The zero-order valence-electron chi connectivity index (χ0n) is 11.0. The van der Waals surface area contributed by atoms with Crippen LogP contribution in [0.3, 0.4) is 0 Å². The van der Waals surface area contributed by atoms with Crippen LogP contribution in [0.5, 0.6) is 5.75 Å². The SMILES string of the molecule is COc1cc(Br)ccc1C(=O)Nc1cc(Cl)ccc1C#N.